The van der Waals surface area contributed by atoms with Crippen molar-refractivity contribution < 1.29 is 10.4 Å². The number of nitrogens with zero attached hydrogens (tertiary/aromatic N) is 2. The zero-order chi connectivity index (χ0) is 21.2. The first-order valence-corrected chi connectivity index (χ1v) is 11.2. The molecule has 2 unspecified atom stereocenters. The summed E-state index contributed by atoms with van der Waals surface area (Å²) in [5.41, 5.74) is 6.38. The molecule has 152 valence electrons. The van der Waals surface area contributed by atoms with E-state index in [1.165, 1.54) is 24.8 Å². The topological polar surface area (TPSA) is 20.3 Å². The number of benzene rings is 2. The van der Waals surface area contributed by atoms with Crippen LogP contribution in [-0.4, -0.2) is 24.0 Å². The number of piperidine rings is 1. The molecule has 2 aliphatic rings. The first-order chi connectivity index (χ1) is 15.0. The van der Waals surface area contributed by atoms with Crippen molar-refractivity contribution in [1.82, 2.24) is 4.90 Å². The number of rotatable bonds is 2. The SMILES string of the molecule is [2H]C1(c2cccc3c2oc2c(-c4cccc[n+]4C)c(C)ccc23)CC2CCCCN2C1. The fraction of sp³-hybridized carbons (Fsp3) is 0.370. The van der Waals surface area contributed by atoms with Crippen LogP contribution in [0.25, 0.3) is 33.2 Å². The van der Waals surface area contributed by atoms with Crippen molar-refractivity contribution in [2.24, 2.45) is 7.05 Å². The lowest BCUT2D eigenvalue weighted by molar-refractivity contribution is -0.660. The van der Waals surface area contributed by atoms with Gasteiger partial charge in [-0.2, -0.15) is 0 Å². The zero-order valence-corrected chi connectivity index (χ0v) is 17.8. The van der Waals surface area contributed by atoms with Gasteiger partial charge in [-0.3, -0.25) is 4.90 Å². The van der Waals surface area contributed by atoms with Gasteiger partial charge in [-0.15, -0.1) is 0 Å². The van der Waals surface area contributed by atoms with E-state index >= 15 is 0 Å². The lowest BCUT2D eigenvalue weighted by atomic mass is 9.92. The highest BCUT2D eigenvalue weighted by atomic mass is 16.3. The molecule has 2 aromatic carbocycles. The van der Waals surface area contributed by atoms with Crippen molar-refractivity contribution in [3.8, 4) is 11.3 Å². The highest BCUT2D eigenvalue weighted by Gasteiger charge is 2.35. The summed E-state index contributed by atoms with van der Waals surface area (Å²) in [4.78, 5) is 2.54. The van der Waals surface area contributed by atoms with Gasteiger partial charge in [0.1, 0.15) is 18.2 Å². The third kappa shape index (κ3) is 2.72. The molecular weight excluding hydrogens is 368 g/mol. The van der Waals surface area contributed by atoms with E-state index in [2.05, 4.69) is 78.2 Å². The molecule has 3 heteroatoms. The van der Waals surface area contributed by atoms with Gasteiger partial charge in [0, 0.05) is 42.8 Å². The zero-order valence-electron chi connectivity index (χ0n) is 18.8. The first kappa shape index (κ1) is 17.1. The van der Waals surface area contributed by atoms with Crippen LogP contribution in [0, 0.1) is 6.92 Å². The number of aryl methyl sites for hydroxylation is 2. The number of hydrogen-bond acceptors (Lipinski definition) is 2. The van der Waals surface area contributed by atoms with Crippen molar-refractivity contribution in [3.63, 3.8) is 0 Å². The molecule has 6 rings (SSSR count). The summed E-state index contributed by atoms with van der Waals surface area (Å²) >= 11 is 0. The van der Waals surface area contributed by atoms with Crippen molar-refractivity contribution in [2.45, 2.75) is 44.5 Å². The molecule has 0 N–H and O–H groups in total. The second-order valence-electron chi connectivity index (χ2n) is 9.04. The summed E-state index contributed by atoms with van der Waals surface area (Å²) in [6.45, 7) is 4.10. The predicted molar refractivity (Wildman–Crippen MR) is 122 cm³/mol. The number of hydrogen-bond donors (Lipinski definition) is 0. The van der Waals surface area contributed by atoms with Crippen molar-refractivity contribution in [1.29, 1.82) is 0 Å². The van der Waals surface area contributed by atoms with Gasteiger partial charge < -0.3 is 4.42 Å². The molecule has 4 aromatic rings. The number of aromatic nitrogens is 1. The quantitative estimate of drug-likeness (QED) is 0.402. The predicted octanol–water partition coefficient (Wildman–Crippen LogP) is 5.73. The van der Waals surface area contributed by atoms with Crippen LogP contribution in [-0.2, 0) is 7.05 Å². The summed E-state index contributed by atoms with van der Waals surface area (Å²) in [5.74, 6) is -0.602. The molecule has 0 radical (unpaired) electrons. The van der Waals surface area contributed by atoms with Gasteiger partial charge in [-0.25, -0.2) is 4.57 Å². The minimum atomic E-state index is -0.602. The molecular formula is C27H29N2O+. The highest BCUT2D eigenvalue weighted by Crippen LogP contribution is 2.43. The maximum atomic E-state index is 9.46. The number of para-hydroxylation sites is 1. The van der Waals surface area contributed by atoms with Crippen LogP contribution < -0.4 is 4.57 Å². The molecule has 30 heavy (non-hydrogen) atoms. The largest absolute Gasteiger partial charge is 0.455 e. The van der Waals surface area contributed by atoms with Crippen LogP contribution in [0.1, 0.15) is 44.1 Å². The van der Waals surface area contributed by atoms with Crippen molar-refractivity contribution >= 4 is 21.9 Å². The summed E-state index contributed by atoms with van der Waals surface area (Å²) in [7, 11) is 2.08. The molecule has 2 aliphatic heterocycles. The second kappa shape index (κ2) is 6.95. The maximum Gasteiger partial charge on any atom is 0.216 e. The summed E-state index contributed by atoms with van der Waals surface area (Å²) in [6, 6.07) is 17.6. The maximum absolute atomic E-state index is 9.46. The number of furan rings is 1. The Kier molecular flexibility index (Phi) is 3.96. The van der Waals surface area contributed by atoms with E-state index in [-0.39, 0.29) is 0 Å². The Balaban J connectivity index is 1.58. The van der Waals surface area contributed by atoms with Crippen molar-refractivity contribution in [3.05, 3.63) is 65.9 Å². The molecule has 2 saturated heterocycles. The van der Waals surface area contributed by atoms with Gasteiger partial charge in [-0.1, -0.05) is 36.8 Å². The molecule has 0 spiro atoms. The normalized spacial score (nSPS) is 25.0. The lowest BCUT2D eigenvalue weighted by Crippen LogP contribution is -2.33. The molecule has 2 aromatic heterocycles. The summed E-state index contributed by atoms with van der Waals surface area (Å²) < 4.78 is 18.3. The van der Waals surface area contributed by atoms with Crippen LogP contribution in [0.15, 0.2) is 59.1 Å². The molecule has 0 amide bonds. The van der Waals surface area contributed by atoms with E-state index in [9.17, 15) is 1.37 Å². The minimum Gasteiger partial charge on any atom is -0.455 e. The molecule has 2 fully saturated rings. The third-order valence-electron chi connectivity index (χ3n) is 7.19. The standard InChI is InChI=1S/C27H29N2O/c1-18-12-13-23-22-10-7-9-21(19-16-20-8-3-6-15-29(20)17-19)26(22)30-27(23)25(18)24-11-4-5-14-28(24)2/h4-5,7,9-14,19-20H,3,6,8,15-17H2,1-2H3/q+1/i19D. The van der Waals surface area contributed by atoms with Gasteiger partial charge in [0.05, 0.1) is 5.56 Å². The van der Waals surface area contributed by atoms with Gasteiger partial charge >= 0.3 is 0 Å². The average Bonchev–Trinajstić information content (AvgIpc) is 3.31. The molecule has 3 nitrogen and oxygen atoms in total. The fourth-order valence-electron chi connectivity index (χ4n) is 5.63. The van der Waals surface area contributed by atoms with Gasteiger partial charge in [0.15, 0.2) is 6.20 Å². The average molecular weight is 399 g/mol. The molecule has 0 aliphatic carbocycles. The van der Waals surface area contributed by atoms with E-state index in [0.29, 0.717) is 6.04 Å². The Morgan fingerprint density at radius 3 is 2.80 bits per heavy atom. The Labute approximate surface area is 179 Å². The fourth-order valence-corrected chi connectivity index (χ4v) is 5.63. The van der Waals surface area contributed by atoms with E-state index in [0.717, 1.165) is 58.3 Å². The second-order valence-corrected chi connectivity index (χ2v) is 9.04. The van der Waals surface area contributed by atoms with Gasteiger partial charge in [0.2, 0.25) is 5.69 Å². The summed E-state index contributed by atoms with van der Waals surface area (Å²) in [6.07, 6.45) is 6.77. The van der Waals surface area contributed by atoms with E-state index < -0.39 is 5.89 Å². The van der Waals surface area contributed by atoms with E-state index in [1.807, 2.05) is 0 Å². The Morgan fingerprint density at radius 2 is 1.93 bits per heavy atom. The number of pyridine rings is 1. The van der Waals surface area contributed by atoms with Gasteiger partial charge in [-0.05, 0) is 49.9 Å². The molecule has 0 bridgehead atoms. The molecule has 4 heterocycles. The minimum absolute atomic E-state index is 0.548. The van der Waals surface area contributed by atoms with Crippen molar-refractivity contribution in [2.75, 3.05) is 13.1 Å². The highest BCUT2D eigenvalue weighted by molar-refractivity contribution is 6.10. The van der Waals surface area contributed by atoms with E-state index in [4.69, 9.17) is 4.42 Å². The lowest BCUT2D eigenvalue weighted by Gasteiger charge is -2.28. The Morgan fingerprint density at radius 1 is 1.03 bits per heavy atom. The third-order valence-corrected chi connectivity index (χ3v) is 7.19. The van der Waals surface area contributed by atoms with Crippen LogP contribution in [0.3, 0.4) is 0 Å². The van der Waals surface area contributed by atoms with Crippen LogP contribution in [0.5, 0.6) is 0 Å². The smallest absolute Gasteiger partial charge is 0.216 e. The van der Waals surface area contributed by atoms with Crippen LogP contribution in [0.2, 0.25) is 0 Å². The van der Waals surface area contributed by atoms with Crippen LogP contribution in [0.4, 0.5) is 0 Å². The Bertz CT molecular complexity index is 1290. The molecule has 2 atom stereocenters. The summed E-state index contributed by atoms with van der Waals surface area (Å²) in [5, 5.41) is 2.27. The first-order valence-electron chi connectivity index (χ1n) is 11.7. The Hall–Kier alpha value is -2.65. The monoisotopic (exact) mass is 398 g/mol. The molecule has 0 saturated carbocycles. The van der Waals surface area contributed by atoms with Gasteiger partial charge in [0.25, 0.3) is 0 Å². The van der Waals surface area contributed by atoms with E-state index in [1.54, 1.807) is 0 Å². The number of fused-ring (bicyclic) bond motifs is 4. The van der Waals surface area contributed by atoms with Crippen LogP contribution >= 0.6 is 0 Å².